The van der Waals surface area contributed by atoms with Crippen LogP contribution in [0.2, 0.25) is 0 Å². The first-order chi connectivity index (χ1) is 4.95. The number of rotatable bonds is 4. The lowest BCUT2D eigenvalue weighted by atomic mass is 10.1. The van der Waals surface area contributed by atoms with Crippen molar-refractivity contribution in [3.8, 4) is 0 Å². The molecule has 0 spiro atoms. The Labute approximate surface area is 63.3 Å². The van der Waals surface area contributed by atoms with Gasteiger partial charge in [-0.3, -0.25) is 0 Å². The Balaban J connectivity index is 4.12. The van der Waals surface area contributed by atoms with Crippen molar-refractivity contribution in [3.63, 3.8) is 0 Å². The predicted octanol–water partition coefficient (Wildman–Crippen LogP) is -0.123. The van der Waals surface area contributed by atoms with Gasteiger partial charge >= 0.3 is 5.97 Å². The van der Waals surface area contributed by atoms with Crippen LogP contribution in [-0.4, -0.2) is 22.1 Å². The normalized spacial score (nSPS) is 12.6. The van der Waals surface area contributed by atoms with Crippen LogP contribution in [-0.2, 0) is 4.79 Å². The van der Waals surface area contributed by atoms with Gasteiger partial charge in [0.15, 0.2) is 11.1 Å². The fraction of sp³-hybridized carbons (Fsp3) is 0.800. The molecule has 1 atom stereocenters. The monoisotopic (exact) mass is 162 g/mol. The first-order valence-corrected chi connectivity index (χ1v) is 3.08. The largest absolute Gasteiger partial charge is 0.480 e. The number of hydrogen-bond donors (Lipinski definition) is 2. The maximum Gasteiger partial charge on any atom is 0.332 e. The van der Waals surface area contributed by atoms with E-state index in [1.807, 2.05) is 0 Å². The van der Waals surface area contributed by atoms with E-state index in [1.54, 1.807) is 19.3 Å². The summed E-state index contributed by atoms with van der Waals surface area (Å²) in [6.07, 6.45) is 0. The van der Waals surface area contributed by atoms with Gasteiger partial charge in [0.05, 0.1) is 0 Å². The van der Waals surface area contributed by atoms with Crippen LogP contribution in [0.4, 0.5) is 0 Å². The van der Waals surface area contributed by atoms with Gasteiger partial charge in [-0.25, -0.2) is 14.9 Å². The van der Waals surface area contributed by atoms with Gasteiger partial charge in [-0.15, -0.1) is 5.43 Å². The summed E-state index contributed by atoms with van der Waals surface area (Å²) in [6.45, 7) is 3.19. The first-order valence-electron chi connectivity index (χ1n) is 3.08. The second-order valence-electron chi connectivity index (χ2n) is 2.45. The van der Waals surface area contributed by atoms with Gasteiger partial charge in [-0.05, 0) is 5.92 Å². The van der Waals surface area contributed by atoms with E-state index in [-0.39, 0.29) is 5.92 Å². The van der Waals surface area contributed by atoms with Crippen LogP contribution in [0.3, 0.4) is 0 Å². The number of nitro groups is 1. The summed E-state index contributed by atoms with van der Waals surface area (Å²) in [7, 11) is 0. The zero-order chi connectivity index (χ0) is 9.02. The van der Waals surface area contributed by atoms with E-state index in [0.29, 0.717) is 0 Å². The van der Waals surface area contributed by atoms with Crippen LogP contribution < -0.4 is 5.43 Å². The Morgan fingerprint density at radius 2 is 2.09 bits per heavy atom. The van der Waals surface area contributed by atoms with Crippen molar-refractivity contribution < 1.29 is 14.9 Å². The molecule has 0 rings (SSSR count). The molecule has 0 saturated carbocycles. The number of carboxylic acids is 1. The molecule has 0 saturated heterocycles. The average Bonchev–Trinajstić information content (AvgIpc) is 1.81. The Morgan fingerprint density at radius 1 is 1.64 bits per heavy atom. The van der Waals surface area contributed by atoms with Crippen LogP contribution in [0, 0.1) is 16.0 Å². The summed E-state index contributed by atoms with van der Waals surface area (Å²) < 4.78 is 0. The molecule has 11 heavy (non-hydrogen) atoms. The molecule has 0 aliphatic heterocycles. The summed E-state index contributed by atoms with van der Waals surface area (Å²) in [5, 5.41) is 17.4. The lowest BCUT2D eigenvalue weighted by Gasteiger charge is -2.11. The average molecular weight is 162 g/mol. The zero-order valence-corrected chi connectivity index (χ0v) is 6.27. The Kier molecular flexibility index (Phi) is 3.29. The molecule has 0 fully saturated rings. The Bertz CT molecular complexity index is 168. The number of hydrogen-bond acceptors (Lipinski definition) is 3. The van der Waals surface area contributed by atoms with E-state index < -0.39 is 17.0 Å². The first kappa shape index (κ1) is 9.67. The maximum absolute atomic E-state index is 10.3. The molecule has 6 nitrogen and oxygen atoms in total. The summed E-state index contributed by atoms with van der Waals surface area (Å²) in [5.74, 6) is -1.52. The van der Waals surface area contributed by atoms with Crippen LogP contribution in [0.15, 0.2) is 0 Å². The third kappa shape index (κ3) is 3.39. The van der Waals surface area contributed by atoms with Gasteiger partial charge in [-0.2, -0.15) is 0 Å². The lowest BCUT2D eigenvalue weighted by Crippen LogP contribution is -2.43. The van der Waals surface area contributed by atoms with Crippen LogP contribution in [0.1, 0.15) is 13.8 Å². The van der Waals surface area contributed by atoms with E-state index in [9.17, 15) is 14.9 Å². The smallest absolute Gasteiger partial charge is 0.332 e. The molecule has 0 aliphatic rings. The SMILES string of the molecule is CC(C)C(N[N+](=O)[O-])C(=O)O. The quantitative estimate of drug-likeness (QED) is 0.444. The summed E-state index contributed by atoms with van der Waals surface area (Å²) in [4.78, 5) is 20.2. The fourth-order valence-electron chi connectivity index (χ4n) is 0.603. The second kappa shape index (κ2) is 3.75. The second-order valence-corrected chi connectivity index (χ2v) is 2.45. The van der Waals surface area contributed by atoms with E-state index >= 15 is 0 Å². The zero-order valence-electron chi connectivity index (χ0n) is 6.27. The molecule has 0 radical (unpaired) electrons. The van der Waals surface area contributed by atoms with Gasteiger partial charge in [-0.1, -0.05) is 13.8 Å². The number of carboxylic acid groups (broad SMARTS) is 1. The number of carbonyl (C=O) groups is 1. The van der Waals surface area contributed by atoms with Gasteiger partial charge in [0.2, 0.25) is 0 Å². The van der Waals surface area contributed by atoms with Gasteiger partial charge in [0.25, 0.3) is 0 Å². The molecule has 6 heteroatoms. The summed E-state index contributed by atoms with van der Waals surface area (Å²) >= 11 is 0. The van der Waals surface area contributed by atoms with Crippen LogP contribution in [0.25, 0.3) is 0 Å². The Morgan fingerprint density at radius 3 is 2.18 bits per heavy atom. The minimum atomic E-state index is -1.21. The minimum Gasteiger partial charge on any atom is -0.480 e. The van der Waals surface area contributed by atoms with Crippen molar-refractivity contribution in [2.75, 3.05) is 0 Å². The van der Waals surface area contributed by atoms with E-state index in [0.717, 1.165) is 0 Å². The third-order valence-electron chi connectivity index (χ3n) is 1.18. The van der Waals surface area contributed by atoms with Crippen molar-refractivity contribution in [1.29, 1.82) is 0 Å². The van der Waals surface area contributed by atoms with Gasteiger partial charge in [0.1, 0.15) is 0 Å². The van der Waals surface area contributed by atoms with Gasteiger partial charge < -0.3 is 5.11 Å². The van der Waals surface area contributed by atoms with Crippen molar-refractivity contribution in [2.24, 2.45) is 5.92 Å². The molecule has 2 N–H and O–H groups in total. The highest BCUT2D eigenvalue weighted by atomic mass is 16.7. The van der Waals surface area contributed by atoms with Crippen molar-refractivity contribution in [1.82, 2.24) is 5.43 Å². The lowest BCUT2D eigenvalue weighted by molar-refractivity contribution is -0.550. The molecule has 0 amide bonds. The fourth-order valence-corrected chi connectivity index (χ4v) is 0.603. The van der Waals surface area contributed by atoms with Crippen LogP contribution >= 0.6 is 0 Å². The molecule has 0 aromatic carbocycles. The number of aliphatic carboxylic acids is 1. The minimum absolute atomic E-state index is 0.308. The molecule has 0 aromatic heterocycles. The highest BCUT2D eigenvalue weighted by Crippen LogP contribution is 2.00. The highest BCUT2D eigenvalue weighted by molar-refractivity contribution is 5.73. The van der Waals surface area contributed by atoms with E-state index in [4.69, 9.17) is 5.11 Å². The predicted molar refractivity (Wildman–Crippen MR) is 36.4 cm³/mol. The van der Waals surface area contributed by atoms with Gasteiger partial charge in [0, 0.05) is 0 Å². The van der Waals surface area contributed by atoms with E-state index in [1.165, 1.54) is 0 Å². The van der Waals surface area contributed by atoms with Crippen molar-refractivity contribution in [2.45, 2.75) is 19.9 Å². The highest BCUT2D eigenvalue weighted by Gasteiger charge is 2.25. The molecule has 1 unspecified atom stereocenters. The number of nitrogens with zero attached hydrogens (tertiary/aromatic N) is 1. The topological polar surface area (TPSA) is 92.5 Å². The number of hydrazine groups is 1. The van der Waals surface area contributed by atoms with Crippen molar-refractivity contribution >= 4 is 5.97 Å². The third-order valence-corrected chi connectivity index (χ3v) is 1.18. The molecule has 0 aromatic rings. The molecular weight excluding hydrogens is 152 g/mol. The van der Waals surface area contributed by atoms with Crippen LogP contribution in [0.5, 0.6) is 0 Å². The molecule has 64 valence electrons. The Hall–Kier alpha value is -1.33. The summed E-state index contributed by atoms with van der Waals surface area (Å²) in [6, 6.07) is -1.12. The molecule has 0 bridgehead atoms. The van der Waals surface area contributed by atoms with Crippen molar-refractivity contribution in [3.05, 3.63) is 10.1 Å². The summed E-state index contributed by atoms with van der Waals surface area (Å²) in [5.41, 5.74) is 1.70. The molecular formula is C5H10N2O4. The molecule has 0 aliphatic carbocycles. The standard InChI is InChI=1S/C5H10N2O4/c1-3(2)4(5(8)9)6-7(10)11/h3-4,6H,1-2H3,(H,8,9). The number of nitrogens with one attached hydrogen (secondary N) is 1. The van der Waals surface area contributed by atoms with E-state index in [2.05, 4.69) is 0 Å². The maximum atomic E-state index is 10.3. The molecule has 0 heterocycles.